The van der Waals surface area contributed by atoms with E-state index >= 15 is 0 Å². The fraction of sp³-hybridized carbons (Fsp3) is 0.158. The molecule has 0 heterocycles. The molecule has 5 heteroatoms. The van der Waals surface area contributed by atoms with Crippen molar-refractivity contribution >= 4 is 18.0 Å². The van der Waals surface area contributed by atoms with E-state index in [2.05, 4.69) is 5.32 Å². The molecule has 2 aromatic carbocycles. The lowest BCUT2D eigenvalue weighted by atomic mass is 10.1. The number of carboxylic acids is 1. The summed E-state index contributed by atoms with van der Waals surface area (Å²) in [5.41, 5.74) is 0.851. The number of carboxylic acid groups (broad SMARTS) is 1. The molecule has 124 valence electrons. The van der Waals surface area contributed by atoms with Gasteiger partial charge in [0.2, 0.25) is 0 Å². The molecule has 0 unspecified atom stereocenters. The van der Waals surface area contributed by atoms with Crippen molar-refractivity contribution in [3.05, 3.63) is 71.4 Å². The molecule has 2 N–H and O–H groups in total. The average molecular weight is 325 g/mol. The lowest BCUT2D eigenvalue weighted by Crippen LogP contribution is -2.27. The summed E-state index contributed by atoms with van der Waals surface area (Å²) in [6.45, 7) is 3.85. The lowest BCUT2D eigenvalue weighted by molar-refractivity contribution is -0.132. The lowest BCUT2D eigenvalue weighted by Gasteiger charge is -2.10. The molecule has 2 aromatic rings. The molecular weight excluding hydrogens is 306 g/mol. The maximum atomic E-state index is 12.1. The van der Waals surface area contributed by atoms with Crippen LogP contribution in [-0.4, -0.2) is 23.1 Å². The molecule has 5 nitrogen and oxygen atoms in total. The Labute approximate surface area is 140 Å². The third-order valence-corrected chi connectivity index (χ3v) is 3.08. The Kier molecular flexibility index (Phi) is 5.73. The molecule has 0 saturated carbocycles. The van der Waals surface area contributed by atoms with Gasteiger partial charge < -0.3 is 15.2 Å². The van der Waals surface area contributed by atoms with Crippen LogP contribution in [0, 0.1) is 0 Å². The Hall–Kier alpha value is -3.08. The highest BCUT2D eigenvalue weighted by atomic mass is 16.5. The fourth-order valence-corrected chi connectivity index (χ4v) is 2.02. The SMILES string of the molecule is CC(C)Oc1ccc(/C=C(\NC(=O)c2ccccc2)C(=O)O)cc1. The van der Waals surface area contributed by atoms with E-state index in [0.29, 0.717) is 16.9 Å². The minimum Gasteiger partial charge on any atom is -0.491 e. The van der Waals surface area contributed by atoms with Gasteiger partial charge in [0.15, 0.2) is 0 Å². The van der Waals surface area contributed by atoms with Crippen LogP contribution in [0.1, 0.15) is 29.8 Å². The fourth-order valence-electron chi connectivity index (χ4n) is 2.02. The zero-order valence-electron chi connectivity index (χ0n) is 13.5. The second-order valence-electron chi connectivity index (χ2n) is 5.42. The Morgan fingerprint density at radius 1 is 1.04 bits per heavy atom. The first-order valence-corrected chi connectivity index (χ1v) is 7.54. The molecule has 0 fully saturated rings. The van der Waals surface area contributed by atoms with E-state index in [1.165, 1.54) is 6.08 Å². The summed E-state index contributed by atoms with van der Waals surface area (Å²) >= 11 is 0. The van der Waals surface area contributed by atoms with Crippen LogP contribution in [0.5, 0.6) is 5.75 Å². The zero-order chi connectivity index (χ0) is 17.5. The summed E-state index contributed by atoms with van der Waals surface area (Å²) in [5, 5.41) is 11.7. The van der Waals surface area contributed by atoms with Gasteiger partial charge in [0.05, 0.1) is 6.10 Å². The van der Waals surface area contributed by atoms with Crippen LogP contribution < -0.4 is 10.1 Å². The maximum Gasteiger partial charge on any atom is 0.352 e. The number of carbonyl (C=O) groups is 2. The second-order valence-corrected chi connectivity index (χ2v) is 5.42. The molecule has 0 aliphatic heterocycles. The van der Waals surface area contributed by atoms with Gasteiger partial charge in [-0.15, -0.1) is 0 Å². The van der Waals surface area contributed by atoms with E-state index in [4.69, 9.17) is 4.74 Å². The summed E-state index contributed by atoms with van der Waals surface area (Å²) in [4.78, 5) is 23.5. The van der Waals surface area contributed by atoms with Crippen molar-refractivity contribution < 1.29 is 19.4 Å². The molecule has 0 aromatic heterocycles. The highest BCUT2D eigenvalue weighted by Crippen LogP contribution is 2.15. The van der Waals surface area contributed by atoms with Gasteiger partial charge in [-0.25, -0.2) is 4.79 Å². The Balaban J connectivity index is 2.16. The van der Waals surface area contributed by atoms with Crippen LogP contribution >= 0.6 is 0 Å². The van der Waals surface area contributed by atoms with Crippen LogP contribution in [0.15, 0.2) is 60.3 Å². The van der Waals surface area contributed by atoms with E-state index in [1.807, 2.05) is 13.8 Å². The van der Waals surface area contributed by atoms with Gasteiger partial charge in [-0.3, -0.25) is 4.79 Å². The van der Waals surface area contributed by atoms with Gasteiger partial charge in [0.1, 0.15) is 11.4 Å². The van der Waals surface area contributed by atoms with Crippen LogP contribution in [0.4, 0.5) is 0 Å². The largest absolute Gasteiger partial charge is 0.491 e. The van der Waals surface area contributed by atoms with Gasteiger partial charge in [-0.2, -0.15) is 0 Å². The quantitative estimate of drug-likeness (QED) is 0.799. The topological polar surface area (TPSA) is 75.6 Å². The number of rotatable bonds is 6. The van der Waals surface area contributed by atoms with E-state index < -0.39 is 11.9 Å². The van der Waals surface area contributed by atoms with Crippen LogP contribution in [0.25, 0.3) is 6.08 Å². The van der Waals surface area contributed by atoms with E-state index in [9.17, 15) is 14.7 Å². The molecule has 2 rings (SSSR count). The van der Waals surface area contributed by atoms with Gasteiger partial charge in [0.25, 0.3) is 5.91 Å². The number of ether oxygens (including phenoxy) is 1. The molecule has 0 bridgehead atoms. The van der Waals surface area contributed by atoms with E-state index in [-0.39, 0.29) is 11.8 Å². The van der Waals surface area contributed by atoms with Crippen molar-refractivity contribution in [2.24, 2.45) is 0 Å². The first-order valence-electron chi connectivity index (χ1n) is 7.54. The summed E-state index contributed by atoms with van der Waals surface area (Å²) in [6.07, 6.45) is 1.47. The number of aliphatic carboxylic acids is 1. The molecule has 0 spiro atoms. The van der Waals surface area contributed by atoms with Gasteiger partial charge >= 0.3 is 5.97 Å². The molecule has 0 aliphatic rings. The number of hydrogen-bond acceptors (Lipinski definition) is 3. The molecule has 0 atom stereocenters. The van der Waals surface area contributed by atoms with Crippen molar-refractivity contribution in [2.75, 3.05) is 0 Å². The normalized spacial score (nSPS) is 11.2. The van der Waals surface area contributed by atoms with Crippen molar-refractivity contribution in [2.45, 2.75) is 20.0 Å². The van der Waals surface area contributed by atoms with Crippen molar-refractivity contribution in [3.8, 4) is 5.75 Å². The number of benzene rings is 2. The van der Waals surface area contributed by atoms with Gasteiger partial charge in [-0.1, -0.05) is 30.3 Å². The van der Waals surface area contributed by atoms with Crippen molar-refractivity contribution in [1.82, 2.24) is 5.32 Å². The van der Waals surface area contributed by atoms with Gasteiger partial charge in [-0.05, 0) is 49.8 Å². The first kappa shape index (κ1) is 17.3. The predicted molar refractivity (Wildman–Crippen MR) is 91.7 cm³/mol. The van der Waals surface area contributed by atoms with E-state index in [0.717, 1.165) is 0 Å². The second kappa shape index (κ2) is 7.97. The monoisotopic (exact) mass is 325 g/mol. The van der Waals surface area contributed by atoms with Crippen molar-refractivity contribution in [1.29, 1.82) is 0 Å². The highest BCUT2D eigenvalue weighted by molar-refractivity contribution is 6.02. The summed E-state index contributed by atoms with van der Waals surface area (Å²) in [6, 6.07) is 15.4. The number of carbonyl (C=O) groups excluding carboxylic acids is 1. The number of nitrogens with one attached hydrogen (secondary N) is 1. The average Bonchev–Trinajstić information content (AvgIpc) is 2.56. The molecule has 0 saturated heterocycles. The number of hydrogen-bond donors (Lipinski definition) is 2. The smallest absolute Gasteiger partial charge is 0.352 e. The van der Waals surface area contributed by atoms with Gasteiger partial charge in [0, 0.05) is 5.56 Å². The Bertz CT molecular complexity index is 734. The third-order valence-electron chi connectivity index (χ3n) is 3.08. The van der Waals surface area contributed by atoms with Crippen LogP contribution in [-0.2, 0) is 4.79 Å². The first-order chi connectivity index (χ1) is 11.5. The third kappa shape index (κ3) is 4.98. The van der Waals surface area contributed by atoms with Crippen LogP contribution in [0.3, 0.4) is 0 Å². The standard InChI is InChI=1S/C19H19NO4/c1-13(2)24-16-10-8-14(9-11-16)12-17(19(22)23)20-18(21)15-6-4-3-5-7-15/h3-13H,1-2H3,(H,20,21)(H,22,23)/b17-12-. The Morgan fingerprint density at radius 3 is 2.21 bits per heavy atom. The highest BCUT2D eigenvalue weighted by Gasteiger charge is 2.13. The summed E-state index contributed by atoms with van der Waals surface area (Å²) in [5.74, 6) is -0.974. The minimum absolute atomic E-state index is 0.0612. The summed E-state index contributed by atoms with van der Waals surface area (Å²) < 4.78 is 5.54. The Morgan fingerprint density at radius 2 is 1.67 bits per heavy atom. The molecule has 0 aliphatic carbocycles. The molecule has 1 amide bonds. The maximum absolute atomic E-state index is 12.1. The van der Waals surface area contributed by atoms with Crippen molar-refractivity contribution in [3.63, 3.8) is 0 Å². The molecule has 0 radical (unpaired) electrons. The molecular formula is C19H19NO4. The summed E-state index contributed by atoms with van der Waals surface area (Å²) in [7, 11) is 0. The zero-order valence-corrected chi connectivity index (χ0v) is 13.5. The molecule has 24 heavy (non-hydrogen) atoms. The minimum atomic E-state index is -1.21. The predicted octanol–water partition coefficient (Wildman–Crippen LogP) is 3.33. The van der Waals surface area contributed by atoms with Crippen LogP contribution in [0.2, 0.25) is 0 Å². The van der Waals surface area contributed by atoms with E-state index in [1.54, 1.807) is 54.6 Å². The number of amides is 1.